The number of rotatable bonds is 3. The lowest BCUT2D eigenvalue weighted by molar-refractivity contribution is 1.13. The lowest BCUT2D eigenvalue weighted by Crippen LogP contribution is -2.63. The summed E-state index contributed by atoms with van der Waals surface area (Å²) in [6, 6.07) is 19.8. The van der Waals surface area contributed by atoms with Crippen molar-refractivity contribution < 1.29 is 0 Å². The number of nitrogens with zero attached hydrogens (tertiary/aromatic N) is 4. The molecular formula is C27H30N4Si. The van der Waals surface area contributed by atoms with Crippen molar-refractivity contribution in [1.29, 1.82) is 0 Å². The molecule has 1 aliphatic heterocycles. The van der Waals surface area contributed by atoms with E-state index in [9.17, 15) is 0 Å². The van der Waals surface area contributed by atoms with Crippen LogP contribution in [0.3, 0.4) is 0 Å². The second-order valence-corrected chi connectivity index (χ2v) is 13.9. The molecule has 3 aromatic carbocycles. The first-order chi connectivity index (χ1) is 15.1. The molecule has 1 aliphatic rings. The average Bonchev–Trinajstić information content (AvgIpc) is 2.75. The zero-order chi connectivity index (χ0) is 23.2. The summed E-state index contributed by atoms with van der Waals surface area (Å²) >= 11 is 0. The second kappa shape index (κ2) is 8.01. The fraction of sp³-hybridized carbons (Fsp3) is 0.259. The minimum atomic E-state index is -1.95. The van der Waals surface area contributed by atoms with E-state index in [1.807, 2.05) is 12.1 Å². The van der Waals surface area contributed by atoms with Crippen LogP contribution in [-0.2, 0) is 0 Å². The number of hydrogen-bond donors (Lipinski definition) is 0. The zero-order valence-electron chi connectivity index (χ0n) is 20.0. The van der Waals surface area contributed by atoms with Crippen LogP contribution in [0.2, 0.25) is 13.1 Å². The Labute approximate surface area is 191 Å². The highest BCUT2D eigenvalue weighted by Crippen LogP contribution is 2.31. The number of azide groups is 1. The first kappa shape index (κ1) is 21.9. The van der Waals surface area contributed by atoms with E-state index >= 15 is 0 Å². The van der Waals surface area contributed by atoms with E-state index in [1.54, 1.807) is 0 Å². The molecule has 0 bridgehead atoms. The van der Waals surface area contributed by atoms with Crippen LogP contribution in [0.5, 0.6) is 0 Å². The van der Waals surface area contributed by atoms with Crippen molar-refractivity contribution in [2.24, 2.45) is 5.11 Å². The summed E-state index contributed by atoms with van der Waals surface area (Å²) in [6.45, 7) is 11.4. The number of anilines is 1. The minimum Gasteiger partial charge on any atom is -0.378 e. The van der Waals surface area contributed by atoms with E-state index < -0.39 is 8.07 Å². The topological polar surface area (TPSA) is 52.0 Å². The van der Waals surface area contributed by atoms with E-state index in [-0.39, 0.29) is 0 Å². The van der Waals surface area contributed by atoms with Gasteiger partial charge in [-0.1, -0.05) is 60.2 Å². The van der Waals surface area contributed by atoms with Crippen LogP contribution < -0.4 is 25.7 Å². The van der Waals surface area contributed by atoms with Gasteiger partial charge in [0.15, 0.2) is 0 Å². The van der Waals surface area contributed by atoms with Crippen LogP contribution in [0.4, 0.5) is 11.4 Å². The molecule has 3 aromatic rings. The van der Waals surface area contributed by atoms with Gasteiger partial charge in [-0.05, 0) is 87.6 Å². The highest BCUT2D eigenvalue weighted by molar-refractivity contribution is 7.01. The van der Waals surface area contributed by atoms with Gasteiger partial charge in [0.2, 0.25) is 0 Å². The normalized spacial score (nSPS) is 13.7. The van der Waals surface area contributed by atoms with Crippen LogP contribution in [0, 0.1) is 6.92 Å². The third-order valence-corrected chi connectivity index (χ3v) is 10.2. The Morgan fingerprint density at radius 2 is 1.66 bits per heavy atom. The molecule has 0 atom stereocenters. The van der Waals surface area contributed by atoms with Gasteiger partial charge in [0.1, 0.15) is 8.07 Å². The molecule has 162 valence electrons. The van der Waals surface area contributed by atoms with Crippen LogP contribution in [0.1, 0.15) is 30.5 Å². The molecule has 5 heteroatoms. The molecule has 4 rings (SSSR count). The summed E-state index contributed by atoms with van der Waals surface area (Å²) in [4.78, 5) is 5.18. The van der Waals surface area contributed by atoms with Crippen molar-refractivity contribution in [2.45, 2.75) is 33.9 Å². The Morgan fingerprint density at radius 3 is 2.31 bits per heavy atom. The summed E-state index contributed by atoms with van der Waals surface area (Å²) in [7, 11) is 2.24. The summed E-state index contributed by atoms with van der Waals surface area (Å²) in [6.07, 6.45) is 0. The highest BCUT2D eigenvalue weighted by Gasteiger charge is 2.35. The minimum absolute atomic E-state index is 0.644. The second-order valence-electron chi connectivity index (χ2n) is 9.57. The van der Waals surface area contributed by atoms with Gasteiger partial charge < -0.3 is 4.90 Å². The van der Waals surface area contributed by atoms with Gasteiger partial charge in [0.05, 0.1) is 0 Å². The molecule has 0 amide bonds. The molecule has 0 saturated carbocycles. The first-order valence-corrected chi connectivity index (χ1v) is 14.0. The molecule has 1 heterocycles. The molecule has 0 fully saturated rings. The fourth-order valence-corrected chi connectivity index (χ4v) is 7.79. The third-order valence-electron chi connectivity index (χ3n) is 6.65. The van der Waals surface area contributed by atoms with Crippen LogP contribution >= 0.6 is 0 Å². The lowest BCUT2D eigenvalue weighted by Gasteiger charge is -2.34. The number of hydrogen-bond acceptors (Lipinski definition) is 2. The van der Waals surface area contributed by atoms with Gasteiger partial charge in [-0.15, -0.1) is 0 Å². The molecule has 4 nitrogen and oxygen atoms in total. The number of benzene rings is 3. The molecule has 0 spiro atoms. The number of aryl methyl sites for hydroxylation is 1. The smallest absolute Gasteiger partial charge is 0.113 e. The Bertz CT molecular complexity index is 1410. The molecule has 0 unspecified atom stereocenters. The standard InChI is InChI=1S/C27H30N4Si/c1-17(2)19-9-12-22-25(14-19)32(6,7)26-16-21(31(4)5)11-13-23(26)27(22)24-15-20(29-30-28)10-8-18(24)3/h8-16H,1-7H3. The summed E-state index contributed by atoms with van der Waals surface area (Å²) in [5, 5.41) is 9.40. The maximum absolute atomic E-state index is 8.99. The number of fused-ring (bicyclic) bond motifs is 2. The van der Waals surface area contributed by atoms with Crippen molar-refractivity contribution in [3.8, 4) is 0 Å². The van der Waals surface area contributed by atoms with Gasteiger partial charge in [0, 0.05) is 30.4 Å². The summed E-state index contributed by atoms with van der Waals surface area (Å²) < 4.78 is 0. The Morgan fingerprint density at radius 1 is 0.906 bits per heavy atom. The highest BCUT2D eigenvalue weighted by atomic mass is 28.3. The van der Waals surface area contributed by atoms with Crippen LogP contribution in [-0.4, -0.2) is 22.2 Å². The maximum Gasteiger partial charge on any atom is 0.113 e. The molecule has 32 heavy (non-hydrogen) atoms. The Balaban J connectivity index is 2.21. The molecule has 0 aliphatic carbocycles. The van der Waals surface area contributed by atoms with Gasteiger partial charge in [-0.25, -0.2) is 0 Å². The Hall–Kier alpha value is -3.27. The van der Waals surface area contributed by atoms with Crippen LogP contribution in [0.25, 0.3) is 21.6 Å². The van der Waals surface area contributed by atoms with Gasteiger partial charge in [-0.2, -0.15) is 0 Å². The zero-order valence-corrected chi connectivity index (χ0v) is 21.0. The van der Waals surface area contributed by atoms with Crippen LogP contribution in [0.15, 0.2) is 59.7 Å². The molecule has 0 radical (unpaired) electrons. The molecule has 0 aromatic heterocycles. The van der Waals surface area contributed by atoms with Gasteiger partial charge in [-0.3, -0.25) is 0 Å². The predicted octanol–water partition coefficient (Wildman–Crippen LogP) is 4.58. The van der Waals surface area contributed by atoms with Gasteiger partial charge >= 0.3 is 0 Å². The monoisotopic (exact) mass is 438 g/mol. The third kappa shape index (κ3) is 3.54. The summed E-state index contributed by atoms with van der Waals surface area (Å²) in [5.74, 6) is 0. The van der Waals surface area contributed by atoms with Crippen molar-refractivity contribution >= 4 is 41.0 Å². The molecule has 0 N–H and O–H groups in total. The van der Waals surface area contributed by atoms with Crippen molar-refractivity contribution in [2.75, 3.05) is 19.0 Å². The quantitative estimate of drug-likeness (QED) is 0.256. The predicted molar refractivity (Wildman–Crippen MR) is 140 cm³/mol. The van der Waals surface area contributed by atoms with Crippen molar-refractivity contribution in [3.05, 3.63) is 92.2 Å². The van der Waals surface area contributed by atoms with E-state index in [1.165, 1.54) is 48.8 Å². The van der Waals surface area contributed by atoms with Crippen molar-refractivity contribution in [3.63, 3.8) is 0 Å². The lowest BCUT2D eigenvalue weighted by atomic mass is 9.91. The van der Waals surface area contributed by atoms with E-state index in [0.29, 0.717) is 5.69 Å². The average molecular weight is 439 g/mol. The van der Waals surface area contributed by atoms with E-state index in [0.717, 1.165) is 5.56 Å². The van der Waals surface area contributed by atoms with Crippen molar-refractivity contribution in [1.82, 2.24) is 0 Å². The van der Waals surface area contributed by atoms with E-state index in [2.05, 4.69) is 105 Å². The fourth-order valence-electron chi connectivity index (χ4n) is 4.71. The van der Waals surface area contributed by atoms with E-state index in [4.69, 9.17) is 5.53 Å². The van der Waals surface area contributed by atoms with Gasteiger partial charge in [0.25, 0.3) is 0 Å². The molecular weight excluding hydrogens is 408 g/mol. The SMILES string of the molecule is CC(C)=c1ccc2c(c1)[Si](C)(C)c1cc(N(C)C)ccc1C=2c1cc(N=[N+]=[N-])ccc1C. The summed E-state index contributed by atoms with van der Waals surface area (Å²) in [5.41, 5.74) is 17.0. The first-order valence-electron chi connectivity index (χ1n) is 11.0. The molecule has 0 saturated heterocycles. The maximum atomic E-state index is 8.99. The Kier molecular flexibility index (Phi) is 5.49. The largest absolute Gasteiger partial charge is 0.378 e.